The van der Waals surface area contributed by atoms with Crippen molar-refractivity contribution in [1.82, 2.24) is 25.1 Å². The Morgan fingerprint density at radius 2 is 2.18 bits per heavy atom. The van der Waals surface area contributed by atoms with Crippen molar-refractivity contribution < 1.29 is 0 Å². The molecule has 0 amide bonds. The van der Waals surface area contributed by atoms with E-state index in [1.54, 1.807) is 25.6 Å². The average Bonchev–Trinajstić information content (AvgIpc) is 2.86. The minimum absolute atomic E-state index is 0.556. The monoisotopic (exact) mass is 226 g/mol. The molecule has 84 valence electrons. The van der Waals surface area contributed by atoms with E-state index in [2.05, 4.69) is 30.5 Å². The lowest BCUT2D eigenvalue weighted by atomic mass is 10.1. The van der Waals surface area contributed by atoms with Crippen LogP contribution in [-0.2, 0) is 0 Å². The topological polar surface area (TPSA) is 79.4 Å². The molecule has 3 rings (SSSR count). The van der Waals surface area contributed by atoms with E-state index < -0.39 is 0 Å². The average molecular weight is 226 g/mol. The summed E-state index contributed by atoms with van der Waals surface area (Å²) in [6.07, 6.45) is 5.22. The highest BCUT2D eigenvalue weighted by molar-refractivity contribution is 5.90. The van der Waals surface area contributed by atoms with Crippen LogP contribution in [-0.4, -0.2) is 32.2 Å². The second-order valence-corrected chi connectivity index (χ2v) is 3.52. The van der Waals surface area contributed by atoms with Crippen LogP contribution in [0.25, 0.3) is 22.3 Å². The van der Waals surface area contributed by atoms with Gasteiger partial charge in [-0.1, -0.05) is 0 Å². The molecule has 17 heavy (non-hydrogen) atoms. The second-order valence-electron chi connectivity index (χ2n) is 3.52. The van der Waals surface area contributed by atoms with Gasteiger partial charge in [-0.3, -0.25) is 10.1 Å². The third-order valence-corrected chi connectivity index (χ3v) is 2.47. The number of rotatable bonds is 2. The normalized spacial score (nSPS) is 10.6. The minimum atomic E-state index is 0.556. The van der Waals surface area contributed by atoms with Crippen LogP contribution in [0.1, 0.15) is 0 Å². The van der Waals surface area contributed by atoms with E-state index in [1.165, 1.54) is 0 Å². The number of H-pyrrole nitrogens is 1. The minimum Gasteiger partial charge on any atom is -0.357 e. The highest BCUT2D eigenvalue weighted by Gasteiger charge is 2.10. The fourth-order valence-electron chi connectivity index (χ4n) is 1.67. The quantitative estimate of drug-likeness (QED) is 0.691. The van der Waals surface area contributed by atoms with Crippen molar-refractivity contribution in [3.63, 3.8) is 0 Å². The lowest BCUT2D eigenvalue weighted by Gasteiger charge is -2.04. The molecule has 3 aromatic rings. The number of nitrogens with one attached hydrogen (secondary N) is 2. The van der Waals surface area contributed by atoms with Gasteiger partial charge in [0, 0.05) is 25.0 Å². The largest absolute Gasteiger partial charge is 0.357 e. The number of pyridine rings is 1. The number of nitrogens with zero attached hydrogens (tertiary/aromatic N) is 4. The van der Waals surface area contributed by atoms with Gasteiger partial charge in [-0.05, 0) is 12.1 Å². The van der Waals surface area contributed by atoms with E-state index in [1.807, 2.05) is 12.1 Å². The highest BCUT2D eigenvalue weighted by Crippen LogP contribution is 2.24. The van der Waals surface area contributed by atoms with Gasteiger partial charge in [0.2, 0.25) is 5.95 Å². The molecule has 0 bridgehead atoms. The summed E-state index contributed by atoms with van der Waals surface area (Å²) in [5, 5.41) is 10.6. The molecule has 0 saturated carbocycles. The van der Waals surface area contributed by atoms with Crippen LogP contribution < -0.4 is 5.32 Å². The van der Waals surface area contributed by atoms with E-state index in [0.717, 1.165) is 16.6 Å². The van der Waals surface area contributed by atoms with Crippen LogP contribution in [0.4, 0.5) is 5.95 Å². The summed E-state index contributed by atoms with van der Waals surface area (Å²) in [5.74, 6) is 0.556. The van der Waals surface area contributed by atoms with Gasteiger partial charge in [-0.15, -0.1) is 0 Å². The Bertz CT molecular complexity index is 645. The van der Waals surface area contributed by atoms with Gasteiger partial charge >= 0.3 is 0 Å². The molecule has 0 saturated heterocycles. The van der Waals surface area contributed by atoms with E-state index >= 15 is 0 Å². The SMILES string of the molecule is CNc1nc(-c2cccnc2)c2cn[nH]c2n1. The molecule has 0 aliphatic heterocycles. The maximum atomic E-state index is 4.44. The maximum Gasteiger partial charge on any atom is 0.225 e. The Hall–Kier alpha value is -2.50. The Balaban J connectivity index is 2.30. The molecule has 6 nitrogen and oxygen atoms in total. The first-order chi connectivity index (χ1) is 8.38. The molecule has 3 heterocycles. The molecular weight excluding hydrogens is 216 g/mol. The summed E-state index contributed by atoms with van der Waals surface area (Å²) in [6.45, 7) is 0. The Morgan fingerprint density at radius 1 is 1.24 bits per heavy atom. The molecule has 0 atom stereocenters. The molecule has 0 spiro atoms. The van der Waals surface area contributed by atoms with Crippen molar-refractivity contribution in [2.24, 2.45) is 0 Å². The molecule has 3 aromatic heterocycles. The molecule has 0 fully saturated rings. The van der Waals surface area contributed by atoms with Gasteiger partial charge in [-0.25, -0.2) is 4.98 Å². The molecule has 0 aliphatic rings. The Kier molecular flexibility index (Phi) is 2.18. The molecule has 0 aliphatic carbocycles. The predicted molar refractivity (Wildman–Crippen MR) is 64.5 cm³/mol. The zero-order valence-corrected chi connectivity index (χ0v) is 9.18. The third-order valence-electron chi connectivity index (χ3n) is 2.47. The molecule has 2 N–H and O–H groups in total. The Labute approximate surface area is 97.1 Å². The van der Waals surface area contributed by atoms with Crippen LogP contribution >= 0.6 is 0 Å². The van der Waals surface area contributed by atoms with Crippen molar-refractivity contribution in [1.29, 1.82) is 0 Å². The fourth-order valence-corrected chi connectivity index (χ4v) is 1.67. The van der Waals surface area contributed by atoms with Crippen LogP contribution in [0.2, 0.25) is 0 Å². The molecule has 0 unspecified atom stereocenters. The summed E-state index contributed by atoms with van der Waals surface area (Å²) in [6, 6.07) is 3.84. The summed E-state index contributed by atoms with van der Waals surface area (Å²) in [5.41, 5.74) is 2.47. The van der Waals surface area contributed by atoms with Crippen LogP contribution in [0.3, 0.4) is 0 Å². The van der Waals surface area contributed by atoms with Gasteiger partial charge < -0.3 is 5.32 Å². The van der Waals surface area contributed by atoms with E-state index in [4.69, 9.17) is 0 Å². The number of aromatic nitrogens is 5. The van der Waals surface area contributed by atoms with Gasteiger partial charge in [0.05, 0.1) is 17.3 Å². The number of hydrogen-bond donors (Lipinski definition) is 2. The van der Waals surface area contributed by atoms with Gasteiger partial charge in [0.1, 0.15) is 0 Å². The second kappa shape index (κ2) is 3.82. The first-order valence-electron chi connectivity index (χ1n) is 5.18. The maximum absolute atomic E-state index is 4.44. The zero-order valence-electron chi connectivity index (χ0n) is 9.18. The van der Waals surface area contributed by atoms with E-state index in [0.29, 0.717) is 11.6 Å². The number of hydrogen-bond acceptors (Lipinski definition) is 5. The first-order valence-corrected chi connectivity index (χ1v) is 5.18. The van der Waals surface area contributed by atoms with Crippen LogP contribution in [0, 0.1) is 0 Å². The fraction of sp³-hybridized carbons (Fsp3) is 0.0909. The lowest BCUT2D eigenvalue weighted by Crippen LogP contribution is -1.98. The summed E-state index contributed by atoms with van der Waals surface area (Å²) in [7, 11) is 1.78. The summed E-state index contributed by atoms with van der Waals surface area (Å²) in [4.78, 5) is 12.8. The number of fused-ring (bicyclic) bond motifs is 1. The van der Waals surface area contributed by atoms with Gasteiger partial charge in [-0.2, -0.15) is 10.1 Å². The summed E-state index contributed by atoms with van der Waals surface area (Å²) < 4.78 is 0. The molecular formula is C11H10N6. The molecule has 0 aromatic carbocycles. The third kappa shape index (κ3) is 1.59. The number of anilines is 1. The van der Waals surface area contributed by atoms with Gasteiger partial charge in [0.25, 0.3) is 0 Å². The van der Waals surface area contributed by atoms with Crippen molar-refractivity contribution in [2.75, 3.05) is 12.4 Å². The molecule has 6 heteroatoms. The van der Waals surface area contributed by atoms with E-state index in [9.17, 15) is 0 Å². The van der Waals surface area contributed by atoms with Crippen LogP contribution in [0.15, 0.2) is 30.7 Å². The standard InChI is InChI=1S/C11H10N6/c1-12-11-15-9(7-3-2-4-13-5-7)8-6-14-17-10(8)16-11/h2-6H,1H3,(H2,12,14,15,16,17). The van der Waals surface area contributed by atoms with Crippen molar-refractivity contribution >= 4 is 17.0 Å². The van der Waals surface area contributed by atoms with Crippen LogP contribution in [0.5, 0.6) is 0 Å². The zero-order chi connectivity index (χ0) is 11.7. The predicted octanol–water partition coefficient (Wildman–Crippen LogP) is 1.46. The Morgan fingerprint density at radius 3 is 2.94 bits per heavy atom. The highest BCUT2D eigenvalue weighted by atomic mass is 15.2. The van der Waals surface area contributed by atoms with Gasteiger partial charge in [0.15, 0.2) is 5.65 Å². The smallest absolute Gasteiger partial charge is 0.225 e. The van der Waals surface area contributed by atoms with Crippen molar-refractivity contribution in [2.45, 2.75) is 0 Å². The lowest BCUT2D eigenvalue weighted by molar-refractivity contribution is 1.09. The number of aromatic amines is 1. The van der Waals surface area contributed by atoms with Crippen molar-refractivity contribution in [3.05, 3.63) is 30.7 Å². The molecule has 0 radical (unpaired) electrons. The van der Waals surface area contributed by atoms with Crippen molar-refractivity contribution in [3.8, 4) is 11.3 Å². The summed E-state index contributed by atoms with van der Waals surface area (Å²) >= 11 is 0. The van der Waals surface area contributed by atoms with E-state index in [-0.39, 0.29) is 0 Å². The first kappa shape index (κ1) is 9.71.